The van der Waals surface area contributed by atoms with Gasteiger partial charge < -0.3 is 8.83 Å². The summed E-state index contributed by atoms with van der Waals surface area (Å²) in [5.74, 6) is 0. The smallest absolute Gasteiger partial charge is 0.143 e. The van der Waals surface area contributed by atoms with Crippen LogP contribution in [0.3, 0.4) is 0 Å². The van der Waals surface area contributed by atoms with Gasteiger partial charge in [-0.15, -0.1) is 0 Å². The van der Waals surface area contributed by atoms with E-state index in [-0.39, 0.29) is 0 Å². The number of furan rings is 2. The van der Waals surface area contributed by atoms with Crippen LogP contribution in [0.25, 0.3) is 121 Å². The summed E-state index contributed by atoms with van der Waals surface area (Å²) >= 11 is 0. The standard InChI is InChI=1S/C54H32O2/c1-2-14-33(15-3-1)36-30-34-16-4-5-17-37(34)47(32-36)52-42-21-8-6-19-40(42)51(41-20-7-9-22-43(41)52)45-28-27-38(54-53(45)44-23-11-13-25-49(44)56-54)35-26-29-50-46(31-35)39-18-10-12-24-48(39)55-50/h1-32H. The Kier molecular flexibility index (Phi) is 6.66. The SMILES string of the molecule is c1ccc(-c2cc(-c3c4ccccc4c(-c4ccc(-c5ccc6oc7ccccc7c6c5)c5oc6ccccc6c45)c4ccccc34)c3ccccc3c2)cc1. The Labute approximate surface area is 322 Å². The van der Waals surface area contributed by atoms with E-state index in [2.05, 4.69) is 182 Å². The fraction of sp³-hybridized carbons (Fsp3) is 0. The molecular weight excluding hydrogens is 681 g/mol. The molecule has 0 unspecified atom stereocenters. The van der Waals surface area contributed by atoms with Gasteiger partial charge in [-0.2, -0.15) is 0 Å². The number of rotatable bonds is 4. The molecule has 0 atom stereocenters. The third kappa shape index (κ3) is 4.57. The number of fused-ring (bicyclic) bond motifs is 9. The molecule has 56 heavy (non-hydrogen) atoms. The minimum Gasteiger partial charge on any atom is -0.456 e. The second-order valence-electron chi connectivity index (χ2n) is 14.7. The van der Waals surface area contributed by atoms with Gasteiger partial charge in [0.2, 0.25) is 0 Å². The van der Waals surface area contributed by atoms with Crippen LogP contribution < -0.4 is 0 Å². The topological polar surface area (TPSA) is 26.3 Å². The fourth-order valence-corrected chi connectivity index (χ4v) is 9.18. The zero-order valence-electron chi connectivity index (χ0n) is 30.3. The molecule has 2 aromatic heterocycles. The fourth-order valence-electron chi connectivity index (χ4n) is 9.18. The number of hydrogen-bond donors (Lipinski definition) is 0. The van der Waals surface area contributed by atoms with E-state index in [1.54, 1.807) is 0 Å². The first-order valence-corrected chi connectivity index (χ1v) is 19.2. The van der Waals surface area contributed by atoms with Crippen LogP contribution in [-0.4, -0.2) is 0 Å². The van der Waals surface area contributed by atoms with Crippen molar-refractivity contribution < 1.29 is 8.83 Å². The van der Waals surface area contributed by atoms with Crippen LogP contribution >= 0.6 is 0 Å². The Morgan fingerprint density at radius 1 is 0.268 bits per heavy atom. The second kappa shape index (κ2) is 12.0. The Morgan fingerprint density at radius 3 is 1.52 bits per heavy atom. The van der Waals surface area contributed by atoms with Gasteiger partial charge in [-0.3, -0.25) is 0 Å². The Morgan fingerprint density at radius 2 is 0.804 bits per heavy atom. The average Bonchev–Trinajstić information content (AvgIpc) is 3.84. The molecule has 10 aromatic carbocycles. The van der Waals surface area contributed by atoms with Crippen LogP contribution in [-0.2, 0) is 0 Å². The van der Waals surface area contributed by atoms with Crippen LogP contribution in [0.1, 0.15) is 0 Å². The van der Waals surface area contributed by atoms with E-state index in [1.807, 2.05) is 12.1 Å². The van der Waals surface area contributed by atoms with Gasteiger partial charge in [-0.1, -0.05) is 152 Å². The maximum atomic E-state index is 6.88. The summed E-state index contributed by atoms with van der Waals surface area (Å²) < 4.78 is 13.1. The molecule has 0 spiro atoms. The number of para-hydroxylation sites is 2. The van der Waals surface area contributed by atoms with Crippen molar-refractivity contribution in [2.75, 3.05) is 0 Å². The molecule has 0 aliphatic rings. The summed E-state index contributed by atoms with van der Waals surface area (Å²) in [4.78, 5) is 0. The molecule has 0 radical (unpaired) electrons. The van der Waals surface area contributed by atoms with Gasteiger partial charge in [0.05, 0.1) is 0 Å². The molecule has 0 bridgehead atoms. The third-order valence-corrected chi connectivity index (χ3v) is 11.7. The molecule has 12 rings (SSSR count). The Hall–Kier alpha value is -7.42. The quantitative estimate of drug-likeness (QED) is 0.170. The van der Waals surface area contributed by atoms with E-state index in [0.717, 1.165) is 60.6 Å². The molecule has 0 aliphatic heterocycles. The maximum absolute atomic E-state index is 6.88. The van der Waals surface area contributed by atoms with Crippen LogP contribution in [0.15, 0.2) is 203 Å². The largest absolute Gasteiger partial charge is 0.456 e. The highest BCUT2D eigenvalue weighted by molar-refractivity contribution is 6.28. The summed E-state index contributed by atoms with van der Waals surface area (Å²) in [6.45, 7) is 0. The van der Waals surface area contributed by atoms with Crippen molar-refractivity contribution in [1.82, 2.24) is 0 Å². The molecule has 0 fully saturated rings. The first kappa shape index (κ1) is 31.0. The molecular formula is C54H32O2. The van der Waals surface area contributed by atoms with E-state index in [4.69, 9.17) is 8.83 Å². The van der Waals surface area contributed by atoms with Gasteiger partial charge in [0, 0.05) is 27.1 Å². The number of benzene rings is 10. The molecule has 260 valence electrons. The molecule has 12 aromatic rings. The van der Waals surface area contributed by atoms with Crippen molar-refractivity contribution in [3.05, 3.63) is 194 Å². The van der Waals surface area contributed by atoms with E-state index >= 15 is 0 Å². The van der Waals surface area contributed by atoms with Crippen molar-refractivity contribution >= 4 is 76.2 Å². The minimum atomic E-state index is 0.875. The van der Waals surface area contributed by atoms with Gasteiger partial charge in [-0.05, 0) is 114 Å². The summed E-state index contributed by atoms with van der Waals surface area (Å²) in [7, 11) is 0. The van der Waals surface area contributed by atoms with Gasteiger partial charge in [0.1, 0.15) is 22.3 Å². The first-order valence-electron chi connectivity index (χ1n) is 19.2. The highest BCUT2D eigenvalue weighted by Gasteiger charge is 2.23. The molecule has 0 aliphatic carbocycles. The third-order valence-electron chi connectivity index (χ3n) is 11.7. The highest BCUT2D eigenvalue weighted by Crippen LogP contribution is 2.50. The molecule has 2 heterocycles. The zero-order chi connectivity index (χ0) is 36.7. The van der Waals surface area contributed by atoms with Crippen LogP contribution in [0.5, 0.6) is 0 Å². The van der Waals surface area contributed by atoms with Crippen molar-refractivity contribution in [2.45, 2.75) is 0 Å². The zero-order valence-corrected chi connectivity index (χ0v) is 30.3. The van der Waals surface area contributed by atoms with Crippen molar-refractivity contribution in [1.29, 1.82) is 0 Å². The predicted molar refractivity (Wildman–Crippen MR) is 235 cm³/mol. The van der Waals surface area contributed by atoms with Crippen LogP contribution in [0, 0.1) is 0 Å². The summed E-state index contributed by atoms with van der Waals surface area (Å²) in [6, 6.07) is 69.9. The normalized spacial score (nSPS) is 11.9. The molecule has 0 saturated heterocycles. The van der Waals surface area contributed by atoms with Crippen LogP contribution in [0.4, 0.5) is 0 Å². The van der Waals surface area contributed by atoms with Gasteiger partial charge in [-0.25, -0.2) is 0 Å². The average molecular weight is 713 g/mol. The van der Waals surface area contributed by atoms with Crippen molar-refractivity contribution in [3.63, 3.8) is 0 Å². The van der Waals surface area contributed by atoms with Crippen molar-refractivity contribution in [3.8, 4) is 44.5 Å². The summed E-state index contributed by atoms with van der Waals surface area (Å²) in [6.07, 6.45) is 0. The molecule has 2 nitrogen and oxygen atoms in total. The van der Waals surface area contributed by atoms with Gasteiger partial charge in [0.15, 0.2) is 0 Å². The van der Waals surface area contributed by atoms with Gasteiger partial charge >= 0.3 is 0 Å². The van der Waals surface area contributed by atoms with Crippen LogP contribution in [0.2, 0.25) is 0 Å². The lowest BCUT2D eigenvalue weighted by molar-refractivity contribution is 0.668. The van der Waals surface area contributed by atoms with E-state index < -0.39 is 0 Å². The number of hydrogen-bond acceptors (Lipinski definition) is 2. The monoisotopic (exact) mass is 712 g/mol. The van der Waals surface area contributed by atoms with E-state index in [9.17, 15) is 0 Å². The molecule has 0 amide bonds. The lowest BCUT2D eigenvalue weighted by atomic mass is 9.82. The van der Waals surface area contributed by atoms with Gasteiger partial charge in [0.25, 0.3) is 0 Å². The predicted octanol–water partition coefficient (Wildman–Crippen LogP) is 15.6. The maximum Gasteiger partial charge on any atom is 0.143 e. The van der Waals surface area contributed by atoms with E-state index in [1.165, 1.54) is 60.1 Å². The second-order valence-corrected chi connectivity index (χ2v) is 14.7. The van der Waals surface area contributed by atoms with E-state index in [0.29, 0.717) is 0 Å². The highest BCUT2D eigenvalue weighted by atomic mass is 16.3. The molecule has 0 N–H and O–H groups in total. The first-order chi connectivity index (χ1) is 27.8. The minimum absolute atomic E-state index is 0.875. The molecule has 2 heteroatoms. The summed E-state index contributed by atoms with van der Waals surface area (Å²) in [5.41, 5.74) is 13.0. The van der Waals surface area contributed by atoms with Crippen molar-refractivity contribution in [2.24, 2.45) is 0 Å². The Balaban J connectivity index is 1.17. The lowest BCUT2D eigenvalue weighted by Crippen LogP contribution is -1.93. The Bertz CT molecular complexity index is 3470. The summed E-state index contributed by atoms with van der Waals surface area (Å²) in [5, 5.41) is 11.8. The molecule has 0 saturated carbocycles. The lowest BCUT2D eigenvalue weighted by Gasteiger charge is -2.20.